The summed E-state index contributed by atoms with van der Waals surface area (Å²) >= 11 is 0. The predicted octanol–water partition coefficient (Wildman–Crippen LogP) is 2.55. The van der Waals surface area contributed by atoms with Gasteiger partial charge in [-0.2, -0.15) is 0 Å². The molecule has 0 unspecified atom stereocenters. The third-order valence-electron chi connectivity index (χ3n) is 5.20. The number of sulfone groups is 1. The Hall–Kier alpha value is -3.15. The van der Waals surface area contributed by atoms with Gasteiger partial charge in [-0.15, -0.1) is 0 Å². The predicted molar refractivity (Wildman–Crippen MR) is 121 cm³/mol. The molecule has 4 rings (SSSR count). The van der Waals surface area contributed by atoms with Crippen LogP contribution in [0.4, 0.5) is 23.3 Å². The second kappa shape index (κ2) is 9.55. The fraction of sp³-hybridized carbons (Fsp3) is 0.333. The van der Waals surface area contributed by atoms with E-state index in [1.165, 1.54) is 18.6 Å². The number of rotatable bonds is 7. The fourth-order valence-corrected chi connectivity index (χ4v) is 4.21. The summed E-state index contributed by atoms with van der Waals surface area (Å²) in [5, 5.41) is 6.09. The van der Waals surface area contributed by atoms with Crippen molar-refractivity contribution in [3.63, 3.8) is 0 Å². The molecule has 0 aliphatic carbocycles. The van der Waals surface area contributed by atoms with Crippen LogP contribution in [0.2, 0.25) is 0 Å². The average molecular weight is 456 g/mol. The molecule has 1 aliphatic rings. The summed E-state index contributed by atoms with van der Waals surface area (Å²) in [5.41, 5.74) is 1.13. The molecule has 0 aromatic carbocycles. The molecule has 1 aliphatic heterocycles. The van der Waals surface area contributed by atoms with Gasteiger partial charge in [-0.05, 0) is 30.7 Å². The highest BCUT2D eigenvalue weighted by atomic mass is 32.2. The molecule has 0 amide bonds. The van der Waals surface area contributed by atoms with E-state index in [4.69, 9.17) is 4.74 Å². The highest BCUT2D eigenvalue weighted by Gasteiger charge is 2.19. The van der Waals surface area contributed by atoms with Crippen LogP contribution in [0.15, 0.2) is 53.9 Å². The van der Waals surface area contributed by atoms with E-state index < -0.39 is 9.84 Å². The van der Waals surface area contributed by atoms with Crippen LogP contribution in [0.5, 0.6) is 0 Å². The van der Waals surface area contributed by atoms with Crippen molar-refractivity contribution >= 4 is 33.1 Å². The lowest BCUT2D eigenvalue weighted by Gasteiger charge is -2.32. The highest BCUT2D eigenvalue weighted by Crippen LogP contribution is 2.24. The van der Waals surface area contributed by atoms with Crippen LogP contribution in [0.3, 0.4) is 0 Å². The summed E-state index contributed by atoms with van der Waals surface area (Å²) in [6, 6.07) is 8.94. The molecule has 3 aromatic rings. The first-order valence-electron chi connectivity index (χ1n) is 10.2. The van der Waals surface area contributed by atoms with Crippen LogP contribution in [-0.4, -0.2) is 65.8 Å². The Balaban J connectivity index is 1.45. The van der Waals surface area contributed by atoms with E-state index in [1.54, 1.807) is 12.1 Å². The van der Waals surface area contributed by atoms with Gasteiger partial charge >= 0.3 is 0 Å². The minimum absolute atomic E-state index is 0.0970. The van der Waals surface area contributed by atoms with Gasteiger partial charge in [-0.1, -0.05) is 6.07 Å². The summed E-state index contributed by atoms with van der Waals surface area (Å²) in [6.45, 7) is 5.50. The number of anilines is 4. The molecular weight excluding hydrogens is 430 g/mol. The normalized spacial score (nSPS) is 15.8. The summed E-state index contributed by atoms with van der Waals surface area (Å²) in [6.07, 6.45) is 5.88. The number of ether oxygens (including phenoxy) is 1. The molecule has 4 heterocycles. The minimum atomic E-state index is -3.44. The SMILES string of the molecule is C[C@@H](c1ccc(Nc2cc(Nc3ncccc3S(C)(=O)=O)ncn2)nc1)N1CCOCC1. The lowest BCUT2D eigenvalue weighted by molar-refractivity contribution is 0.0198. The van der Waals surface area contributed by atoms with Crippen molar-refractivity contribution in [3.8, 4) is 0 Å². The number of nitrogens with one attached hydrogen (secondary N) is 2. The Kier molecular flexibility index (Phi) is 6.58. The van der Waals surface area contributed by atoms with Gasteiger partial charge < -0.3 is 15.4 Å². The van der Waals surface area contributed by atoms with E-state index in [2.05, 4.69) is 42.4 Å². The zero-order valence-corrected chi connectivity index (χ0v) is 18.7. The molecule has 0 bridgehead atoms. The van der Waals surface area contributed by atoms with Gasteiger partial charge in [-0.3, -0.25) is 4.90 Å². The van der Waals surface area contributed by atoms with Crippen molar-refractivity contribution in [3.05, 3.63) is 54.6 Å². The van der Waals surface area contributed by atoms with Crippen LogP contribution in [0.25, 0.3) is 0 Å². The lowest BCUT2D eigenvalue weighted by atomic mass is 10.1. The molecule has 3 aromatic heterocycles. The van der Waals surface area contributed by atoms with E-state index in [0.717, 1.165) is 38.1 Å². The largest absolute Gasteiger partial charge is 0.379 e. The van der Waals surface area contributed by atoms with Crippen LogP contribution < -0.4 is 10.6 Å². The number of aromatic nitrogens is 4. The first-order chi connectivity index (χ1) is 15.4. The lowest BCUT2D eigenvalue weighted by Crippen LogP contribution is -2.38. The van der Waals surface area contributed by atoms with E-state index in [-0.39, 0.29) is 16.8 Å². The summed E-state index contributed by atoms with van der Waals surface area (Å²) < 4.78 is 29.4. The van der Waals surface area contributed by atoms with E-state index in [0.29, 0.717) is 17.5 Å². The number of nitrogens with zero attached hydrogens (tertiary/aromatic N) is 5. The molecule has 1 saturated heterocycles. The average Bonchev–Trinajstić information content (AvgIpc) is 2.80. The standard InChI is InChI=1S/C21H25N7O3S/c1-15(28-8-10-31-11-9-28)16-5-6-18(23-13-16)26-19-12-20(25-14-24-19)27-21-17(32(2,29)30)4-3-7-22-21/h3-7,12-15H,8-11H2,1-2H3,(H2,22,23,24,25,26,27)/t15-/m0/s1. The number of hydrogen-bond donors (Lipinski definition) is 2. The maximum Gasteiger partial charge on any atom is 0.179 e. The monoisotopic (exact) mass is 455 g/mol. The molecule has 11 heteroatoms. The van der Waals surface area contributed by atoms with Gasteiger partial charge in [0.05, 0.1) is 13.2 Å². The van der Waals surface area contributed by atoms with E-state index >= 15 is 0 Å². The van der Waals surface area contributed by atoms with Crippen LogP contribution in [0, 0.1) is 0 Å². The molecule has 1 fully saturated rings. The first kappa shape index (κ1) is 22.1. The third kappa shape index (κ3) is 5.36. The van der Waals surface area contributed by atoms with Crippen molar-refractivity contribution in [1.82, 2.24) is 24.8 Å². The van der Waals surface area contributed by atoms with Gasteiger partial charge in [-0.25, -0.2) is 28.4 Å². The third-order valence-corrected chi connectivity index (χ3v) is 6.33. The molecule has 2 N–H and O–H groups in total. The van der Waals surface area contributed by atoms with Crippen LogP contribution in [-0.2, 0) is 14.6 Å². The Bertz CT molecular complexity index is 1170. The second-order valence-electron chi connectivity index (χ2n) is 7.46. The smallest absolute Gasteiger partial charge is 0.179 e. The Morgan fingerprint density at radius 3 is 2.44 bits per heavy atom. The first-order valence-corrected chi connectivity index (χ1v) is 12.1. The maximum absolute atomic E-state index is 12.0. The van der Waals surface area contributed by atoms with Crippen molar-refractivity contribution in [2.24, 2.45) is 0 Å². The molecule has 32 heavy (non-hydrogen) atoms. The minimum Gasteiger partial charge on any atom is -0.379 e. The van der Waals surface area contributed by atoms with Crippen molar-refractivity contribution < 1.29 is 13.2 Å². The maximum atomic E-state index is 12.0. The molecule has 0 radical (unpaired) electrons. The number of hydrogen-bond acceptors (Lipinski definition) is 10. The van der Waals surface area contributed by atoms with Crippen molar-refractivity contribution in [2.75, 3.05) is 43.2 Å². The van der Waals surface area contributed by atoms with Crippen molar-refractivity contribution in [2.45, 2.75) is 17.9 Å². The molecular formula is C21H25N7O3S. The molecule has 1 atom stereocenters. The van der Waals surface area contributed by atoms with Gasteiger partial charge in [0.25, 0.3) is 0 Å². The van der Waals surface area contributed by atoms with Gasteiger partial charge in [0.15, 0.2) is 9.84 Å². The number of morpholine rings is 1. The van der Waals surface area contributed by atoms with E-state index in [9.17, 15) is 8.42 Å². The molecule has 168 valence electrons. The van der Waals surface area contributed by atoms with Gasteiger partial charge in [0.2, 0.25) is 0 Å². The second-order valence-corrected chi connectivity index (χ2v) is 9.45. The zero-order chi connectivity index (χ0) is 22.6. The fourth-order valence-electron chi connectivity index (χ4n) is 3.43. The molecule has 0 spiro atoms. The molecule has 0 saturated carbocycles. The van der Waals surface area contributed by atoms with Gasteiger partial charge in [0, 0.05) is 43.8 Å². The quantitative estimate of drug-likeness (QED) is 0.549. The summed E-state index contributed by atoms with van der Waals surface area (Å²) in [7, 11) is -3.44. The molecule has 10 nitrogen and oxygen atoms in total. The Morgan fingerprint density at radius 2 is 1.75 bits per heavy atom. The number of pyridine rings is 2. The summed E-state index contributed by atoms with van der Waals surface area (Å²) in [5.74, 6) is 1.77. The highest BCUT2D eigenvalue weighted by molar-refractivity contribution is 7.90. The van der Waals surface area contributed by atoms with Crippen LogP contribution >= 0.6 is 0 Å². The Labute approximate surface area is 187 Å². The van der Waals surface area contributed by atoms with Crippen LogP contribution in [0.1, 0.15) is 18.5 Å². The van der Waals surface area contributed by atoms with E-state index in [1.807, 2.05) is 18.3 Å². The van der Waals surface area contributed by atoms with Gasteiger partial charge in [0.1, 0.15) is 34.5 Å². The Morgan fingerprint density at radius 1 is 1.00 bits per heavy atom. The topological polar surface area (TPSA) is 122 Å². The van der Waals surface area contributed by atoms with Crippen molar-refractivity contribution in [1.29, 1.82) is 0 Å². The summed E-state index contributed by atoms with van der Waals surface area (Å²) in [4.78, 5) is 19.5. The zero-order valence-electron chi connectivity index (χ0n) is 17.9.